The molecule has 186 valence electrons. The summed E-state index contributed by atoms with van der Waals surface area (Å²) in [6.45, 7) is -0.666. The van der Waals surface area contributed by atoms with E-state index in [9.17, 15) is 53.1 Å². The van der Waals surface area contributed by atoms with Gasteiger partial charge in [0.25, 0.3) is 5.85 Å². The lowest BCUT2D eigenvalue weighted by Crippen LogP contribution is -2.60. The van der Waals surface area contributed by atoms with Gasteiger partial charge < -0.3 is 0 Å². The molecule has 0 aliphatic rings. The van der Waals surface area contributed by atoms with Gasteiger partial charge in [-0.1, -0.05) is 6.07 Å². The Morgan fingerprint density at radius 1 is 0.788 bits per heavy atom. The molecule has 0 amide bonds. The first-order valence-corrected chi connectivity index (χ1v) is 10.0. The SMILES string of the molecule is CC(F)(OC(F)(F)C(C)(F)OC(F)(F)C(F)(F)C(F)(F)F)C(=O)c1ccc(-c2cccs2)s1. The third-order valence-electron chi connectivity index (χ3n) is 3.88. The van der Waals surface area contributed by atoms with Crippen LogP contribution < -0.4 is 0 Å². The Kier molecular flexibility index (Phi) is 7.04. The lowest BCUT2D eigenvalue weighted by Gasteiger charge is -2.37. The van der Waals surface area contributed by atoms with Crippen LogP contribution in [0.15, 0.2) is 29.6 Å². The van der Waals surface area contributed by atoms with Gasteiger partial charge >= 0.3 is 30.2 Å². The van der Waals surface area contributed by atoms with Gasteiger partial charge in [-0.25, -0.2) is 8.78 Å². The third kappa shape index (κ3) is 5.33. The fraction of sp³-hybridized carbons (Fsp3) is 0.471. The van der Waals surface area contributed by atoms with Crippen molar-refractivity contribution in [3.63, 3.8) is 0 Å². The second-order valence-corrected chi connectivity index (χ2v) is 8.65. The van der Waals surface area contributed by atoms with Gasteiger partial charge in [0.1, 0.15) is 0 Å². The summed E-state index contributed by atoms with van der Waals surface area (Å²) in [5, 5.41) is 1.65. The summed E-state index contributed by atoms with van der Waals surface area (Å²) in [4.78, 5) is 12.7. The van der Waals surface area contributed by atoms with Crippen LogP contribution in [0.1, 0.15) is 23.5 Å². The average molecular weight is 536 g/mol. The standard InChI is InChI=1S/C17H11F11O3S2/c1-12(18,11(29)10-6-5-9(33-10)8-4-3-7-32-8)30-16(25,26)13(2,19)31-17(27,28)14(20,21)15(22,23)24/h3-7H,1-2H3. The van der Waals surface area contributed by atoms with Crippen LogP contribution in [0.4, 0.5) is 48.3 Å². The number of rotatable bonds is 9. The Bertz CT molecular complexity index is 979. The number of hydrogen-bond donors (Lipinski definition) is 0. The van der Waals surface area contributed by atoms with Crippen LogP contribution in [0, 0.1) is 0 Å². The van der Waals surface area contributed by atoms with Crippen LogP contribution in [0.3, 0.4) is 0 Å². The lowest BCUT2D eigenvalue weighted by atomic mass is 10.2. The van der Waals surface area contributed by atoms with Crippen molar-refractivity contribution in [2.75, 3.05) is 0 Å². The molecular formula is C17H11F11O3S2. The molecule has 0 aromatic carbocycles. The molecule has 2 atom stereocenters. The van der Waals surface area contributed by atoms with Crippen LogP contribution in [0.5, 0.6) is 0 Å². The van der Waals surface area contributed by atoms with Crippen LogP contribution in [-0.2, 0) is 9.47 Å². The molecule has 0 radical (unpaired) electrons. The monoisotopic (exact) mass is 536 g/mol. The van der Waals surface area contributed by atoms with Crippen molar-refractivity contribution in [3.05, 3.63) is 34.5 Å². The van der Waals surface area contributed by atoms with Gasteiger partial charge in [0.2, 0.25) is 5.78 Å². The Morgan fingerprint density at radius 3 is 1.85 bits per heavy atom. The predicted octanol–water partition coefficient (Wildman–Crippen LogP) is 7.45. The number of carbonyl (C=O) groups excluding carboxylic acids is 1. The van der Waals surface area contributed by atoms with E-state index in [-0.39, 0.29) is 6.92 Å². The van der Waals surface area contributed by atoms with Gasteiger partial charge in [-0.3, -0.25) is 14.3 Å². The first kappa shape index (κ1) is 27.5. The van der Waals surface area contributed by atoms with Gasteiger partial charge in [0, 0.05) is 23.6 Å². The van der Waals surface area contributed by atoms with Crippen molar-refractivity contribution in [2.24, 2.45) is 0 Å². The molecule has 3 nitrogen and oxygen atoms in total. The molecule has 2 unspecified atom stereocenters. The Hall–Kier alpha value is -1.78. The number of ether oxygens (including phenoxy) is 2. The molecule has 0 aliphatic heterocycles. The highest BCUT2D eigenvalue weighted by atomic mass is 32.1. The van der Waals surface area contributed by atoms with Crippen molar-refractivity contribution in [3.8, 4) is 9.75 Å². The maximum atomic E-state index is 14.6. The zero-order chi connectivity index (χ0) is 25.7. The molecule has 0 aliphatic carbocycles. The van der Waals surface area contributed by atoms with Gasteiger partial charge in [0.15, 0.2) is 0 Å². The van der Waals surface area contributed by atoms with E-state index in [2.05, 4.69) is 9.47 Å². The summed E-state index contributed by atoms with van der Waals surface area (Å²) in [6.07, 6.45) is -19.8. The van der Waals surface area contributed by atoms with Crippen molar-refractivity contribution in [1.82, 2.24) is 0 Å². The predicted molar refractivity (Wildman–Crippen MR) is 94.1 cm³/mol. The molecule has 2 aromatic rings. The van der Waals surface area contributed by atoms with Crippen LogP contribution >= 0.6 is 22.7 Å². The van der Waals surface area contributed by atoms with E-state index in [1.807, 2.05) is 0 Å². The van der Waals surface area contributed by atoms with E-state index >= 15 is 0 Å². The largest absolute Gasteiger partial charge is 0.462 e. The van der Waals surface area contributed by atoms with Crippen LogP contribution in [0.2, 0.25) is 0 Å². The number of halogens is 11. The van der Waals surface area contributed by atoms with Gasteiger partial charge in [-0.2, -0.15) is 39.5 Å². The number of hydrogen-bond acceptors (Lipinski definition) is 5. The Labute approximate surface area is 185 Å². The third-order valence-corrected chi connectivity index (χ3v) is 6.03. The minimum atomic E-state index is -7.10. The molecule has 2 rings (SSSR count). The molecule has 0 fully saturated rings. The number of thiophene rings is 2. The van der Waals surface area contributed by atoms with E-state index in [1.165, 1.54) is 17.4 Å². The summed E-state index contributed by atoms with van der Waals surface area (Å²) in [5.41, 5.74) is 0. The lowest BCUT2D eigenvalue weighted by molar-refractivity contribution is -0.498. The second-order valence-electron chi connectivity index (χ2n) is 6.61. The summed E-state index contributed by atoms with van der Waals surface area (Å²) >= 11 is 1.81. The summed E-state index contributed by atoms with van der Waals surface area (Å²) in [6, 6.07) is 5.53. The quantitative estimate of drug-likeness (QED) is 0.247. The maximum absolute atomic E-state index is 14.6. The number of Topliss-reactive ketones (excluding diaryl/α,β-unsaturated/α-hetero) is 1. The molecule has 0 saturated heterocycles. The van der Waals surface area contributed by atoms with Gasteiger partial charge in [0.05, 0.1) is 4.88 Å². The first-order chi connectivity index (χ1) is 14.6. The van der Waals surface area contributed by atoms with E-state index in [1.54, 1.807) is 17.5 Å². The van der Waals surface area contributed by atoms with Crippen molar-refractivity contribution in [2.45, 2.75) is 49.9 Å². The molecule has 33 heavy (non-hydrogen) atoms. The van der Waals surface area contributed by atoms with Crippen molar-refractivity contribution >= 4 is 28.5 Å². The molecule has 0 spiro atoms. The maximum Gasteiger partial charge on any atom is 0.462 e. The molecule has 0 bridgehead atoms. The number of carbonyl (C=O) groups is 1. The summed E-state index contributed by atoms with van der Waals surface area (Å²) < 4.78 is 151. The number of ketones is 1. The second kappa shape index (κ2) is 8.46. The van der Waals surface area contributed by atoms with E-state index < -0.39 is 53.6 Å². The minimum absolute atomic E-state index is 0.0340. The molecule has 0 N–H and O–H groups in total. The highest BCUT2D eigenvalue weighted by Gasteiger charge is 2.78. The minimum Gasteiger partial charge on any atom is -0.287 e. The highest BCUT2D eigenvalue weighted by Crippen LogP contribution is 2.51. The molecule has 16 heteroatoms. The van der Waals surface area contributed by atoms with Crippen molar-refractivity contribution < 1.29 is 62.6 Å². The van der Waals surface area contributed by atoms with Crippen LogP contribution in [-0.4, -0.2) is 41.8 Å². The van der Waals surface area contributed by atoms with Crippen LogP contribution in [0.25, 0.3) is 9.75 Å². The zero-order valence-electron chi connectivity index (χ0n) is 16.1. The van der Waals surface area contributed by atoms with E-state index in [4.69, 9.17) is 0 Å². The number of alkyl halides is 11. The Morgan fingerprint density at radius 2 is 1.36 bits per heavy atom. The topological polar surface area (TPSA) is 35.5 Å². The van der Waals surface area contributed by atoms with E-state index in [0.29, 0.717) is 21.1 Å². The fourth-order valence-corrected chi connectivity index (χ4v) is 4.01. The molecule has 2 aromatic heterocycles. The van der Waals surface area contributed by atoms with Gasteiger partial charge in [-0.05, 0) is 23.6 Å². The molecular weight excluding hydrogens is 525 g/mol. The normalized spacial score (nSPS) is 17.5. The zero-order valence-corrected chi connectivity index (χ0v) is 17.7. The van der Waals surface area contributed by atoms with Gasteiger partial charge in [-0.15, -0.1) is 22.7 Å². The van der Waals surface area contributed by atoms with E-state index in [0.717, 1.165) is 6.07 Å². The molecule has 2 heterocycles. The van der Waals surface area contributed by atoms with Crippen molar-refractivity contribution in [1.29, 1.82) is 0 Å². The fourth-order valence-electron chi connectivity index (χ4n) is 2.14. The summed E-state index contributed by atoms with van der Waals surface area (Å²) in [7, 11) is 0. The highest BCUT2D eigenvalue weighted by molar-refractivity contribution is 7.22. The first-order valence-electron chi connectivity index (χ1n) is 8.31. The summed E-state index contributed by atoms with van der Waals surface area (Å²) in [5.74, 6) is -18.5. The molecule has 0 saturated carbocycles. The smallest absolute Gasteiger partial charge is 0.287 e. The Balaban J connectivity index is 2.25. The average Bonchev–Trinajstić information content (AvgIpc) is 3.29.